The Hall–Kier alpha value is -1.16. The van der Waals surface area contributed by atoms with Crippen molar-refractivity contribution in [3.63, 3.8) is 0 Å². The Morgan fingerprint density at radius 1 is 1.44 bits per heavy atom. The number of carbonyl (C=O) groups is 1. The molecular formula is C14H20N2O2. The molecule has 0 amide bonds. The van der Waals surface area contributed by atoms with Crippen molar-refractivity contribution in [2.75, 3.05) is 6.54 Å². The van der Waals surface area contributed by atoms with Crippen LogP contribution in [0.3, 0.4) is 0 Å². The lowest BCUT2D eigenvalue weighted by atomic mass is 9.95. The van der Waals surface area contributed by atoms with E-state index in [1.54, 1.807) is 0 Å². The van der Waals surface area contributed by atoms with Crippen LogP contribution >= 0.6 is 0 Å². The third-order valence-corrected chi connectivity index (χ3v) is 4.27. The van der Waals surface area contributed by atoms with Crippen LogP contribution in [0.4, 0.5) is 0 Å². The highest BCUT2D eigenvalue weighted by molar-refractivity contribution is 5.83. The van der Waals surface area contributed by atoms with E-state index in [-0.39, 0.29) is 5.92 Å². The summed E-state index contributed by atoms with van der Waals surface area (Å²) < 4.78 is 5.29. The lowest BCUT2D eigenvalue weighted by Crippen LogP contribution is -2.36. The second-order valence-electron chi connectivity index (χ2n) is 5.58. The zero-order valence-electron chi connectivity index (χ0n) is 10.9. The molecule has 2 aliphatic rings. The fourth-order valence-corrected chi connectivity index (χ4v) is 3.44. The molecule has 2 fully saturated rings. The quantitative estimate of drug-likeness (QED) is 0.823. The van der Waals surface area contributed by atoms with Crippen LogP contribution in [0.2, 0.25) is 0 Å². The molecule has 1 aliphatic heterocycles. The molecule has 0 aromatic carbocycles. The molecule has 4 heteroatoms. The van der Waals surface area contributed by atoms with Crippen molar-refractivity contribution < 1.29 is 9.32 Å². The van der Waals surface area contributed by atoms with Gasteiger partial charge in [-0.05, 0) is 39.2 Å². The summed E-state index contributed by atoms with van der Waals surface area (Å²) in [5, 5.41) is 3.93. The number of Topliss-reactive ketones (excluding diaryl/α,β-unsaturated/α-hetero) is 1. The fraction of sp³-hybridized carbons (Fsp3) is 0.714. The van der Waals surface area contributed by atoms with Crippen molar-refractivity contribution in [1.29, 1.82) is 0 Å². The van der Waals surface area contributed by atoms with Gasteiger partial charge in [0.1, 0.15) is 5.78 Å². The SMILES string of the molecule is Cc1cc(CN2CCCC2C2CCCC2=O)on1. The van der Waals surface area contributed by atoms with Crippen LogP contribution in [0.15, 0.2) is 10.6 Å². The highest BCUT2D eigenvalue weighted by Gasteiger charge is 2.38. The summed E-state index contributed by atoms with van der Waals surface area (Å²) in [5.41, 5.74) is 0.928. The molecule has 1 aromatic rings. The summed E-state index contributed by atoms with van der Waals surface area (Å²) in [5.74, 6) is 1.67. The Morgan fingerprint density at radius 2 is 2.33 bits per heavy atom. The zero-order valence-corrected chi connectivity index (χ0v) is 10.9. The van der Waals surface area contributed by atoms with E-state index in [9.17, 15) is 4.79 Å². The summed E-state index contributed by atoms with van der Waals surface area (Å²) in [6, 6.07) is 2.43. The summed E-state index contributed by atoms with van der Waals surface area (Å²) in [6.07, 6.45) is 5.30. The number of carbonyl (C=O) groups excluding carboxylic acids is 1. The molecule has 1 aliphatic carbocycles. The van der Waals surface area contributed by atoms with Gasteiger partial charge in [0, 0.05) is 24.4 Å². The molecule has 2 atom stereocenters. The minimum absolute atomic E-state index is 0.275. The van der Waals surface area contributed by atoms with Crippen molar-refractivity contribution >= 4 is 5.78 Å². The number of aromatic nitrogens is 1. The molecule has 1 saturated carbocycles. The third-order valence-electron chi connectivity index (χ3n) is 4.27. The zero-order chi connectivity index (χ0) is 12.5. The minimum atomic E-state index is 0.275. The smallest absolute Gasteiger partial charge is 0.150 e. The number of rotatable bonds is 3. The van der Waals surface area contributed by atoms with Crippen molar-refractivity contribution in [3.05, 3.63) is 17.5 Å². The largest absolute Gasteiger partial charge is 0.360 e. The van der Waals surface area contributed by atoms with Gasteiger partial charge in [0.2, 0.25) is 0 Å². The van der Waals surface area contributed by atoms with Gasteiger partial charge in [0.05, 0.1) is 12.2 Å². The molecule has 0 N–H and O–H groups in total. The summed E-state index contributed by atoms with van der Waals surface area (Å²) in [6.45, 7) is 3.82. The van der Waals surface area contributed by atoms with Crippen LogP contribution in [0.5, 0.6) is 0 Å². The van der Waals surface area contributed by atoms with Gasteiger partial charge in [-0.1, -0.05) is 5.16 Å². The highest BCUT2D eigenvalue weighted by atomic mass is 16.5. The van der Waals surface area contributed by atoms with Crippen molar-refractivity contribution in [3.8, 4) is 0 Å². The first kappa shape index (κ1) is 11.9. The molecule has 98 valence electrons. The van der Waals surface area contributed by atoms with Gasteiger partial charge in [-0.2, -0.15) is 0 Å². The first-order valence-electron chi connectivity index (χ1n) is 6.93. The second-order valence-corrected chi connectivity index (χ2v) is 5.58. The second kappa shape index (κ2) is 4.84. The van der Waals surface area contributed by atoms with Gasteiger partial charge in [0.25, 0.3) is 0 Å². The number of likely N-dealkylation sites (tertiary alicyclic amines) is 1. The van der Waals surface area contributed by atoms with E-state index in [1.165, 1.54) is 6.42 Å². The van der Waals surface area contributed by atoms with Gasteiger partial charge < -0.3 is 4.52 Å². The van der Waals surface area contributed by atoms with E-state index < -0.39 is 0 Å². The van der Waals surface area contributed by atoms with Gasteiger partial charge >= 0.3 is 0 Å². The molecular weight excluding hydrogens is 228 g/mol. The van der Waals surface area contributed by atoms with E-state index in [0.29, 0.717) is 11.8 Å². The van der Waals surface area contributed by atoms with E-state index in [0.717, 1.165) is 50.2 Å². The summed E-state index contributed by atoms with van der Waals surface area (Å²) in [4.78, 5) is 14.3. The van der Waals surface area contributed by atoms with Gasteiger partial charge in [-0.25, -0.2) is 0 Å². The predicted octanol–water partition coefficient (Wildman–Crippen LogP) is 2.32. The van der Waals surface area contributed by atoms with Crippen LogP contribution in [0, 0.1) is 12.8 Å². The standard InChI is InChI=1S/C14H20N2O2/c1-10-8-11(18-15-10)9-16-7-3-5-13(16)12-4-2-6-14(12)17/h8,12-13H,2-7,9H2,1H3. The van der Waals surface area contributed by atoms with E-state index in [1.807, 2.05) is 13.0 Å². The lowest BCUT2D eigenvalue weighted by molar-refractivity contribution is -0.122. The average molecular weight is 248 g/mol. The molecule has 2 unspecified atom stereocenters. The Bertz CT molecular complexity index is 441. The monoisotopic (exact) mass is 248 g/mol. The molecule has 0 radical (unpaired) electrons. The number of ketones is 1. The first-order chi connectivity index (χ1) is 8.74. The number of aryl methyl sites for hydroxylation is 1. The lowest BCUT2D eigenvalue weighted by Gasteiger charge is -2.27. The van der Waals surface area contributed by atoms with E-state index >= 15 is 0 Å². The normalized spacial score (nSPS) is 29.3. The Balaban J connectivity index is 1.69. The average Bonchev–Trinajstić information content (AvgIpc) is 3.02. The maximum Gasteiger partial charge on any atom is 0.150 e. The van der Waals surface area contributed by atoms with Gasteiger partial charge in [-0.3, -0.25) is 9.69 Å². The Kier molecular flexibility index (Phi) is 3.20. The molecule has 1 aromatic heterocycles. The van der Waals surface area contributed by atoms with Gasteiger partial charge in [-0.15, -0.1) is 0 Å². The summed E-state index contributed by atoms with van der Waals surface area (Å²) >= 11 is 0. The third kappa shape index (κ3) is 2.21. The van der Waals surface area contributed by atoms with E-state index in [2.05, 4.69) is 10.1 Å². The van der Waals surface area contributed by atoms with Crippen LogP contribution < -0.4 is 0 Å². The number of hydrogen-bond acceptors (Lipinski definition) is 4. The molecule has 3 rings (SSSR count). The van der Waals surface area contributed by atoms with Crippen LogP contribution in [0.1, 0.15) is 43.6 Å². The molecule has 1 saturated heterocycles. The van der Waals surface area contributed by atoms with Gasteiger partial charge in [0.15, 0.2) is 5.76 Å². The molecule has 18 heavy (non-hydrogen) atoms. The predicted molar refractivity (Wildman–Crippen MR) is 67.0 cm³/mol. The molecule has 0 spiro atoms. The first-order valence-corrected chi connectivity index (χ1v) is 6.93. The van der Waals surface area contributed by atoms with Crippen molar-refractivity contribution in [2.24, 2.45) is 5.92 Å². The molecule has 4 nitrogen and oxygen atoms in total. The molecule has 2 heterocycles. The van der Waals surface area contributed by atoms with Crippen LogP contribution in [-0.4, -0.2) is 28.4 Å². The Morgan fingerprint density at radius 3 is 3.00 bits per heavy atom. The van der Waals surface area contributed by atoms with Crippen LogP contribution in [-0.2, 0) is 11.3 Å². The number of nitrogens with zero attached hydrogens (tertiary/aromatic N) is 2. The maximum atomic E-state index is 11.9. The summed E-state index contributed by atoms with van der Waals surface area (Å²) in [7, 11) is 0. The fourth-order valence-electron chi connectivity index (χ4n) is 3.44. The topological polar surface area (TPSA) is 46.3 Å². The Labute approximate surface area is 107 Å². The van der Waals surface area contributed by atoms with Crippen molar-refractivity contribution in [2.45, 2.75) is 51.6 Å². The minimum Gasteiger partial charge on any atom is -0.360 e. The number of hydrogen-bond donors (Lipinski definition) is 0. The van der Waals surface area contributed by atoms with Crippen molar-refractivity contribution in [1.82, 2.24) is 10.1 Å². The highest BCUT2D eigenvalue weighted by Crippen LogP contribution is 2.34. The molecule has 0 bridgehead atoms. The van der Waals surface area contributed by atoms with E-state index in [4.69, 9.17) is 4.52 Å². The maximum absolute atomic E-state index is 11.9. The van der Waals surface area contributed by atoms with Crippen LogP contribution in [0.25, 0.3) is 0 Å².